The molecule has 1 N–H and O–H groups in total. The highest BCUT2D eigenvalue weighted by Crippen LogP contribution is 2.29. The molecule has 1 atom stereocenters. The molecule has 0 saturated heterocycles. The fraction of sp³-hybridized carbons (Fsp3) is 0.176. The predicted molar refractivity (Wildman–Crippen MR) is 88.0 cm³/mol. The van der Waals surface area contributed by atoms with Crippen molar-refractivity contribution in [2.45, 2.75) is 19.2 Å². The maximum atomic E-state index is 12.7. The average Bonchev–Trinajstić information content (AvgIpc) is 2.61. The van der Waals surface area contributed by atoms with E-state index < -0.39 is 34.6 Å². The number of amides is 1. The smallest absolute Gasteiger partial charge is 0.416 e. The van der Waals surface area contributed by atoms with Crippen LogP contribution in [0.2, 0.25) is 0 Å². The number of nitro groups is 1. The van der Waals surface area contributed by atoms with Gasteiger partial charge in [0.1, 0.15) is 0 Å². The zero-order valence-electron chi connectivity index (χ0n) is 13.8. The first kappa shape index (κ1) is 19.9. The molecule has 0 aliphatic carbocycles. The van der Waals surface area contributed by atoms with Crippen LogP contribution in [0.15, 0.2) is 48.5 Å². The summed E-state index contributed by atoms with van der Waals surface area (Å²) in [4.78, 5) is 34.0. The second-order valence-electron chi connectivity index (χ2n) is 5.42. The van der Waals surface area contributed by atoms with Gasteiger partial charge in [-0.25, -0.2) is 4.79 Å². The normalized spacial score (nSPS) is 12.1. The molecule has 10 heteroatoms. The minimum Gasteiger partial charge on any atom is -0.449 e. The summed E-state index contributed by atoms with van der Waals surface area (Å²) < 4.78 is 42.9. The number of carbonyl (C=O) groups excluding carboxylic acids is 2. The molecule has 2 rings (SSSR count). The number of hydrogen-bond donors (Lipinski definition) is 1. The van der Waals surface area contributed by atoms with Gasteiger partial charge in [0, 0.05) is 17.8 Å². The summed E-state index contributed by atoms with van der Waals surface area (Å²) >= 11 is 0. The van der Waals surface area contributed by atoms with Crippen LogP contribution in [0.4, 0.5) is 24.5 Å². The van der Waals surface area contributed by atoms with E-state index in [0.29, 0.717) is 6.07 Å². The Hall–Kier alpha value is -3.43. The molecule has 0 bridgehead atoms. The Morgan fingerprint density at radius 2 is 1.78 bits per heavy atom. The Morgan fingerprint density at radius 1 is 1.15 bits per heavy atom. The number of halogens is 3. The molecule has 1 amide bonds. The van der Waals surface area contributed by atoms with E-state index in [0.717, 1.165) is 18.2 Å². The fourth-order valence-corrected chi connectivity index (χ4v) is 2.01. The van der Waals surface area contributed by atoms with Crippen molar-refractivity contribution in [3.8, 4) is 0 Å². The Labute approximate surface area is 150 Å². The van der Waals surface area contributed by atoms with Gasteiger partial charge < -0.3 is 10.1 Å². The number of benzene rings is 2. The number of ether oxygens (including phenoxy) is 1. The molecule has 0 aliphatic rings. The number of rotatable bonds is 5. The summed E-state index contributed by atoms with van der Waals surface area (Å²) in [5.41, 5.74) is -1.30. The van der Waals surface area contributed by atoms with Crippen LogP contribution in [0, 0.1) is 10.1 Å². The zero-order chi connectivity index (χ0) is 20.2. The molecule has 0 radical (unpaired) electrons. The van der Waals surface area contributed by atoms with Crippen molar-refractivity contribution in [3.63, 3.8) is 0 Å². The maximum Gasteiger partial charge on any atom is 0.416 e. The molecule has 0 aromatic heterocycles. The Balaban J connectivity index is 2.01. The molecule has 0 saturated carbocycles. The van der Waals surface area contributed by atoms with E-state index in [4.69, 9.17) is 4.74 Å². The van der Waals surface area contributed by atoms with E-state index in [1.807, 2.05) is 0 Å². The van der Waals surface area contributed by atoms with Crippen molar-refractivity contribution >= 4 is 23.3 Å². The third-order valence-corrected chi connectivity index (χ3v) is 3.42. The molecule has 142 valence electrons. The number of carbonyl (C=O) groups is 2. The van der Waals surface area contributed by atoms with Crippen LogP contribution < -0.4 is 5.32 Å². The van der Waals surface area contributed by atoms with E-state index in [1.54, 1.807) is 0 Å². The summed E-state index contributed by atoms with van der Waals surface area (Å²) in [6.07, 6.45) is -5.92. The van der Waals surface area contributed by atoms with Gasteiger partial charge in [0.15, 0.2) is 6.10 Å². The van der Waals surface area contributed by atoms with Gasteiger partial charge in [-0.2, -0.15) is 13.2 Å². The lowest BCUT2D eigenvalue weighted by molar-refractivity contribution is -0.384. The quantitative estimate of drug-likeness (QED) is 0.482. The first-order chi connectivity index (χ1) is 12.6. The minimum atomic E-state index is -4.62. The lowest BCUT2D eigenvalue weighted by Gasteiger charge is -2.14. The van der Waals surface area contributed by atoms with Crippen molar-refractivity contribution in [2.75, 3.05) is 5.32 Å². The second-order valence-corrected chi connectivity index (χ2v) is 5.42. The number of esters is 1. The zero-order valence-corrected chi connectivity index (χ0v) is 13.8. The van der Waals surface area contributed by atoms with E-state index in [1.165, 1.54) is 31.2 Å². The van der Waals surface area contributed by atoms with E-state index in [2.05, 4.69) is 5.32 Å². The first-order valence-electron chi connectivity index (χ1n) is 7.51. The van der Waals surface area contributed by atoms with Gasteiger partial charge in [0.05, 0.1) is 16.1 Å². The highest BCUT2D eigenvalue weighted by molar-refractivity contribution is 5.97. The van der Waals surface area contributed by atoms with Crippen LogP contribution in [-0.4, -0.2) is 22.9 Å². The third kappa shape index (κ3) is 5.27. The van der Waals surface area contributed by atoms with Crippen molar-refractivity contribution in [2.24, 2.45) is 0 Å². The van der Waals surface area contributed by atoms with Crippen LogP contribution in [0.3, 0.4) is 0 Å². The Morgan fingerprint density at radius 3 is 2.33 bits per heavy atom. The number of anilines is 1. The van der Waals surface area contributed by atoms with Crippen molar-refractivity contribution in [1.82, 2.24) is 0 Å². The maximum absolute atomic E-state index is 12.7. The second kappa shape index (κ2) is 7.85. The minimum absolute atomic E-state index is 0.169. The van der Waals surface area contributed by atoms with Crippen LogP contribution in [0.5, 0.6) is 0 Å². The number of non-ortho nitro benzene ring substituents is 1. The fourth-order valence-electron chi connectivity index (χ4n) is 2.01. The summed E-state index contributed by atoms with van der Waals surface area (Å²) in [6, 6.07) is 8.56. The van der Waals surface area contributed by atoms with E-state index in [9.17, 15) is 32.9 Å². The monoisotopic (exact) mass is 382 g/mol. The van der Waals surface area contributed by atoms with Gasteiger partial charge in [-0.1, -0.05) is 6.07 Å². The molecular formula is C17H13F3N2O5. The topological polar surface area (TPSA) is 98.5 Å². The highest BCUT2D eigenvalue weighted by Gasteiger charge is 2.31. The van der Waals surface area contributed by atoms with Crippen LogP contribution in [-0.2, 0) is 15.7 Å². The predicted octanol–water partition coefficient (Wildman–Crippen LogP) is 3.80. The standard InChI is InChI=1S/C17H13F3N2O5/c1-10(15(23)21-13-5-7-14(8-6-13)22(25)26)27-16(24)11-3-2-4-12(9-11)17(18,19)20/h2-10H,1H3,(H,21,23). The molecule has 2 aromatic carbocycles. The Bertz CT molecular complexity index is 866. The average molecular weight is 382 g/mol. The molecule has 2 aromatic rings. The number of nitro benzene ring substituents is 1. The molecule has 0 aliphatic heterocycles. The number of alkyl halides is 3. The number of hydrogen-bond acceptors (Lipinski definition) is 5. The van der Waals surface area contributed by atoms with Crippen LogP contribution in [0.25, 0.3) is 0 Å². The van der Waals surface area contributed by atoms with E-state index >= 15 is 0 Å². The lowest BCUT2D eigenvalue weighted by atomic mass is 10.1. The van der Waals surface area contributed by atoms with Crippen molar-refractivity contribution in [1.29, 1.82) is 0 Å². The lowest BCUT2D eigenvalue weighted by Crippen LogP contribution is -2.30. The largest absolute Gasteiger partial charge is 0.449 e. The van der Waals surface area contributed by atoms with Crippen LogP contribution in [0.1, 0.15) is 22.8 Å². The summed E-state index contributed by atoms with van der Waals surface area (Å²) in [6.45, 7) is 1.24. The summed E-state index contributed by atoms with van der Waals surface area (Å²) in [5.74, 6) is -1.84. The molecule has 0 fully saturated rings. The van der Waals surface area contributed by atoms with E-state index in [-0.39, 0.29) is 16.9 Å². The first-order valence-corrected chi connectivity index (χ1v) is 7.51. The molecule has 7 nitrogen and oxygen atoms in total. The molecule has 0 spiro atoms. The Kier molecular flexibility index (Phi) is 5.78. The van der Waals surface area contributed by atoms with Crippen LogP contribution >= 0.6 is 0 Å². The van der Waals surface area contributed by atoms with Gasteiger partial charge in [0.2, 0.25) is 0 Å². The summed E-state index contributed by atoms with van der Waals surface area (Å²) in [5, 5.41) is 13.0. The highest BCUT2D eigenvalue weighted by atomic mass is 19.4. The van der Waals surface area contributed by atoms with Crippen molar-refractivity contribution < 1.29 is 32.4 Å². The molecule has 1 unspecified atom stereocenters. The van der Waals surface area contributed by atoms with Gasteiger partial charge in [0.25, 0.3) is 11.6 Å². The number of nitrogens with one attached hydrogen (secondary N) is 1. The van der Waals surface area contributed by atoms with Gasteiger partial charge in [-0.15, -0.1) is 0 Å². The third-order valence-electron chi connectivity index (χ3n) is 3.42. The summed E-state index contributed by atoms with van der Waals surface area (Å²) in [7, 11) is 0. The molecule has 0 heterocycles. The van der Waals surface area contributed by atoms with Gasteiger partial charge in [-0.3, -0.25) is 14.9 Å². The van der Waals surface area contributed by atoms with Gasteiger partial charge in [-0.05, 0) is 37.3 Å². The number of nitrogens with zero attached hydrogens (tertiary/aromatic N) is 1. The van der Waals surface area contributed by atoms with Gasteiger partial charge >= 0.3 is 12.1 Å². The molecule has 27 heavy (non-hydrogen) atoms. The SMILES string of the molecule is CC(OC(=O)c1cccc(C(F)(F)F)c1)C(=O)Nc1ccc([N+](=O)[O-])cc1. The molecular weight excluding hydrogens is 369 g/mol. The van der Waals surface area contributed by atoms with Crippen molar-refractivity contribution in [3.05, 3.63) is 69.8 Å².